The van der Waals surface area contributed by atoms with Gasteiger partial charge < -0.3 is 4.74 Å². The zero-order chi connectivity index (χ0) is 18.5. The van der Waals surface area contributed by atoms with Crippen molar-refractivity contribution in [3.05, 3.63) is 84.9 Å². The second kappa shape index (κ2) is 8.20. The summed E-state index contributed by atoms with van der Waals surface area (Å²) < 4.78 is 8.08. The van der Waals surface area contributed by atoms with E-state index in [0.29, 0.717) is 18.1 Å². The van der Waals surface area contributed by atoms with Crippen molar-refractivity contribution in [3.8, 4) is 5.75 Å². The van der Waals surface area contributed by atoms with Crippen molar-refractivity contribution in [2.45, 2.75) is 13.5 Å². The first kappa shape index (κ1) is 18.2. The molecule has 0 amide bonds. The Morgan fingerprint density at radius 3 is 2.85 bits per heavy atom. The number of benzene rings is 2. The van der Waals surface area contributed by atoms with Gasteiger partial charge in [0.15, 0.2) is 0 Å². The quantitative estimate of drug-likeness (QED) is 0.492. The van der Waals surface area contributed by atoms with Gasteiger partial charge in [-0.25, -0.2) is 0 Å². The van der Waals surface area contributed by atoms with E-state index in [1.54, 1.807) is 13.1 Å². The molecule has 1 aromatic heterocycles. The van der Waals surface area contributed by atoms with Gasteiger partial charge in [-0.3, -0.25) is 9.89 Å². The lowest BCUT2D eigenvalue weighted by Gasteiger charge is -2.07. The first-order valence-corrected chi connectivity index (χ1v) is 8.93. The summed E-state index contributed by atoms with van der Waals surface area (Å²) in [5, 5.41) is 10.5. The van der Waals surface area contributed by atoms with Gasteiger partial charge in [0.25, 0.3) is 5.56 Å². The van der Waals surface area contributed by atoms with Crippen LogP contribution in [0.5, 0.6) is 5.75 Å². The number of aromatic nitrogens is 3. The van der Waals surface area contributed by atoms with Gasteiger partial charge in [0.1, 0.15) is 18.1 Å². The molecule has 0 bridgehead atoms. The van der Waals surface area contributed by atoms with Crippen LogP contribution in [0.1, 0.15) is 16.8 Å². The minimum absolute atomic E-state index is 0.138. The highest BCUT2D eigenvalue weighted by molar-refractivity contribution is 9.10. The number of hydrogen-bond donors (Lipinski definition) is 1. The summed E-state index contributed by atoms with van der Waals surface area (Å²) in [6.45, 7) is 2.05. The molecule has 0 unspecified atom stereocenters. The molecule has 0 radical (unpaired) electrons. The number of hydrogen-bond acceptors (Lipinski definition) is 5. The predicted octanol–water partition coefficient (Wildman–Crippen LogP) is 3.83. The number of aromatic amines is 1. The number of ether oxygens (including phenoxy) is 1. The van der Waals surface area contributed by atoms with E-state index in [-0.39, 0.29) is 10.3 Å². The number of H-pyrrole nitrogens is 1. The van der Waals surface area contributed by atoms with E-state index >= 15 is 0 Å². The molecule has 1 heterocycles. The van der Waals surface area contributed by atoms with E-state index in [1.165, 1.54) is 0 Å². The Hall–Kier alpha value is -2.58. The van der Waals surface area contributed by atoms with Gasteiger partial charge in [0.05, 0.1) is 6.21 Å². The molecule has 26 heavy (non-hydrogen) atoms. The van der Waals surface area contributed by atoms with Crippen LogP contribution < -0.4 is 10.3 Å². The second-order valence-corrected chi connectivity index (χ2v) is 6.77. The molecular formula is C18H15BrN4O2S. The maximum absolute atomic E-state index is 12.0. The SMILES string of the molecule is Cc1n[nH]c(=S)n(N=Cc2cccc(OCc3ccc(Br)cc3)c2)c1=O. The average Bonchev–Trinajstić information content (AvgIpc) is 2.65. The molecule has 0 aliphatic carbocycles. The topological polar surface area (TPSA) is 72.3 Å². The first-order valence-electron chi connectivity index (χ1n) is 7.73. The summed E-state index contributed by atoms with van der Waals surface area (Å²) in [7, 11) is 0. The summed E-state index contributed by atoms with van der Waals surface area (Å²) in [4.78, 5) is 12.0. The first-order chi connectivity index (χ1) is 12.5. The zero-order valence-corrected chi connectivity index (χ0v) is 16.3. The van der Waals surface area contributed by atoms with Gasteiger partial charge in [-0.05, 0) is 54.5 Å². The fraction of sp³-hybridized carbons (Fsp3) is 0.111. The van der Waals surface area contributed by atoms with Gasteiger partial charge in [0, 0.05) is 4.47 Å². The van der Waals surface area contributed by atoms with Crippen LogP contribution in [-0.2, 0) is 6.61 Å². The summed E-state index contributed by atoms with van der Waals surface area (Å²) in [5.41, 5.74) is 1.79. The monoisotopic (exact) mass is 430 g/mol. The Morgan fingerprint density at radius 2 is 2.08 bits per heavy atom. The van der Waals surface area contributed by atoms with Crippen molar-refractivity contribution in [1.29, 1.82) is 0 Å². The van der Waals surface area contributed by atoms with Crippen molar-refractivity contribution < 1.29 is 4.74 Å². The molecule has 3 aromatic rings. The van der Waals surface area contributed by atoms with Crippen molar-refractivity contribution in [2.24, 2.45) is 5.10 Å². The highest BCUT2D eigenvalue weighted by Gasteiger charge is 2.02. The second-order valence-electron chi connectivity index (χ2n) is 5.46. The Kier molecular flexibility index (Phi) is 5.75. The molecule has 0 atom stereocenters. The van der Waals surface area contributed by atoms with Crippen molar-refractivity contribution in [1.82, 2.24) is 14.9 Å². The lowest BCUT2D eigenvalue weighted by molar-refractivity contribution is 0.306. The average molecular weight is 431 g/mol. The number of halogens is 1. The van der Waals surface area contributed by atoms with E-state index in [1.807, 2.05) is 48.5 Å². The van der Waals surface area contributed by atoms with Crippen LogP contribution in [0.2, 0.25) is 0 Å². The lowest BCUT2D eigenvalue weighted by atomic mass is 10.2. The molecule has 0 aliphatic rings. The van der Waals surface area contributed by atoms with E-state index in [9.17, 15) is 4.79 Å². The van der Waals surface area contributed by atoms with Gasteiger partial charge >= 0.3 is 0 Å². The third-order valence-electron chi connectivity index (χ3n) is 3.51. The molecule has 0 spiro atoms. The summed E-state index contributed by atoms with van der Waals surface area (Å²) in [6.07, 6.45) is 1.55. The highest BCUT2D eigenvalue weighted by atomic mass is 79.9. The number of aryl methyl sites for hydroxylation is 1. The van der Waals surface area contributed by atoms with Gasteiger partial charge in [-0.1, -0.05) is 40.2 Å². The smallest absolute Gasteiger partial charge is 0.296 e. The third-order valence-corrected chi connectivity index (χ3v) is 4.31. The molecular weight excluding hydrogens is 416 g/mol. The summed E-state index contributed by atoms with van der Waals surface area (Å²) in [5.74, 6) is 0.709. The summed E-state index contributed by atoms with van der Waals surface area (Å²) >= 11 is 8.46. The molecule has 0 fully saturated rings. The number of nitrogens with zero attached hydrogens (tertiary/aromatic N) is 3. The van der Waals surface area contributed by atoms with Crippen LogP contribution in [0, 0.1) is 11.7 Å². The van der Waals surface area contributed by atoms with Crippen LogP contribution in [-0.4, -0.2) is 21.1 Å². The van der Waals surface area contributed by atoms with E-state index in [0.717, 1.165) is 20.3 Å². The normalized spacial score (nSPS) is 11.0. The zero-order valence-electron chi connectivity index (χ0n) is 13.8. The molecule has 0 saturated heterocycles. The maximum Gasteiger partial charge on any atom is 0.296 e. The van der Waals surface area contributed by atoms with Gasteiger partial charge in [-0.15, -0.1) is 0 Å². The van der Waals surface area contributed by atoms with Crippen molar-refractivity contribution in [3.63, 3.8) is 0 Å². The molecule has 6 nitrogen and oxygen atoms in total. The van der Waals surface area contributed by atoms with E-state index in [4.69, 9.17) is 17.0 Å². The van der Waals surface area contributed by atoms with Crippen molar-refractivity contribution >= 4 is 34.4 Å². The minimum atomic E-state index is -0.354. The Balaban J connectivity index is 1.75. The van der Waals surface area contributed by atoms with Gasteiger partial charge in [-0.2, -0.15) is 14.9 Å². The van der Waals surface area contributed by atoms with E-state index < -0.39 is 0 Å². The summed E-state index contributed by atoms with van der Waals surface area (Å²) in [6, 6.07) is 15.4. The molecule has 0 aliphatic heterocycles. The minimum Gasteiger partial charge on any atom is -0.489 e. The van der Waals surface area contributed by atoms with Gasteiger partial charge in [0.2, 0.25) is 4.77 Å². The fourth-order valence-corrected chi connectivity index (χ4v) is 2.57. The van der Waals surface area contributed by atoms with Crippen LogP contribution >= 0.6 is 28.1 Å². The fourth-order valence-electron chi connectivity index (χ4n) is 2.13. The molecule has 1 N–H and O–H groups in total. The number of nitrogens with one attached hydrogen (secondary N) is 1. The third kappa shape index (κ3) is 4.53. The molecule has 0 saturated carbocycles. The highest BCUT2D eigenvalue weighted by Crippen LogP contribution is 2.16. The predicted molar refractivity (Wildman–Crippen MR) is 106 cm³/mol. The standard InChI is InChI=1S/C18H15BrN4O2S/c1-12-17(24)23(18(26)22-21-12)20-10-14-3-2-4-16(9-14)25-11-13-5-7-15(19)8-6-13/h2-10H,11H2,1H3,(H,22,26). The Labute approximate surface area is 163 Å². The van der Waals surface area contributed by atoms with E-state index in [2.05, 4.69) is 31.2 Å². The largest absolute Gasteiger partial charge is 0.489 e. The maximum atomic E-state index is 12.0. The molecule has 2 aromatic carbocycles. The van der Waals surface area contributed by atoms with Crippen LogP contribution in [0.4, 0.5) is 0 Å². The Morgan fingerprint density at radius 1 is 1.31 bits per heavy atom. The molecule has 132 valence electrons. The van der Waals surface area contributed by atoms with Crippen LogP contribution in [0.3, 0.4) is 0 Å². The lowest BCUT2D eigenvalue weighted by Crippen LogP contribution is -2.22. The molecule has 3 rings (SSSR count). The van der Waals surface area contributed by atoms with Crippen LogP contribution in [0.25, 0.3) is 0 Å². The number of rotatable bonds is 5. The van der Waals surface area contributed by atoms with Crippen molar-refractivity contribution in [2.75, 3.05) is 0 Å². The Bertz CT molecular complexity index is 1060. The molecule has 8 heteroatoms. The van der Waals surface area contributed by atoms with Crippen LogP contribution in [0.15, 0.2) is 62.9 Å².